The molecule has 0 unspecified atom stereocenters. The van der Waals surface area contributed by atoms with Crippen molar-refractivity contribution in [2.24, 2.45) is 0 Å². The summed E-state index contributed by atoms with van der Waals surface area (Å²) in [4.78, 5) is 12.6. The van der Waals surface area contributed by atoms with E-state index >= 15 is 0 Å². The van der Waals surface area contributed by atoms with Gasteiger partial charge in [0.15, 0.2) is 11.0 Å². The zero-order valence-corrected chi connectivity index (χ0v) is 9.98. The van der Waals surface area contributed by atoms with Crippen LogP contribution in [-0.4, -0.2) is 10.0 Å². The second kappa shape index (κ2) is 6.72. The number of benzene rings is 1. The zero-order valence-electron chi connectivity index (χ0n) is 9.98. The lowest BCUT2D eigenvalue weighted by atomic mass is 10.1. The summed E-state index contributed by atoms with van der Waals surface area (Å²) in [6.45, 7) is 0. The molecule has 19 heavy (non-hydrogen) atoms. The summed E-state index contributed by atoms with van der Waals surface area (Å²) in [5.41, 5.74) is 0.513. The number of hydrogen-bond donors (Lipinski definition) is 1. The average molecular weight is 259 g/mol. The number of aliphatic hydroxyl groups excluding tert-OH is 1. The molecular formula is C12H11N4O3+. The number of aliphatic hydroxyl groups is 1. The normalized spacial score (nSPS) is 11.1. The number of allylic oxidation sites excluding steroid dienone is 2. The van der Waals surface area contributed by atoms with E-state index in [1.165, 1.54) is 12.1 Å². The first-order valence-electron chi connectivity index (χ1n) is 5.49. The fourth-order valence-corrected chi connectivity index (χ4v) is 1.51. The van der Waals surface area contributed by atoms with Crippen LogP contribution < -0.4 is 0 Å². The van der Waals surface area contributed by atoms with E-state index in [1.807, 2.05) is 0 Å². The van der Waals surface area contributed by atoms with Crippen molar-refractivity contribution in [2.45, 2.75) is 19.3 Å². The van der Waals surface area contributed by atoms with Crippen molar-refractivity contribution < 1.29 is 10.0 Å². The van der Waals surface area contributed by atoms with E-state index in [4.69, 9.17) is 10.7 Å². The van der Waals surface area contributed by atoms with E-state index in [-0.39, 0.29) is 17.9 Å². The molecule has 96 valence electrons. The third-order valence-corrected chi connectivity index (χ3v) is 2.51. The minimum atomic E-state index is -0.472. The topological polar surface area (TPSA) is 115 Å². The number of nitro groups is 1. The molecular weight excluding hydrogens is 248 g/mol. The van der Waals surface area contributed by atoms with Gasteiger partial charge in [-0.15, -0.1) is 0 Å². The number of hydrogen-bond acceptors (Lipinski definition) is 5. The smallest absolute Gasteiger partial charge is 0.497 e. The maximum Gasteiger partial charge on any atom is 0.497 e. The Morgan fingerprint density at radius 3 is 2.53 bits per heavy atom. The highest BCUT2D eigenvalue weighted by Crippen LogP contribution is 2.15. The van der Waals surface area contributed by atoms with Crippen LogP contribution in [0.15, 0.2) is 35.7 Å². The number of diazo groups is 1. The summed E-state index contributed by atoms with van der Waals surface area (Å²) in [6, 6.07) is 7.66. The van der Waals surface area contributed by atoms with Crippen molar-refractivity contribution >= 4 is 5.69 Å². The van der Waals surface area contributed by atoms with Crippen LogP contribution >= 0.6 is 0 Å². The first-order valence-corrected chi connectivity index (χ1v) is 5.49. The van der Waals surface area contributed by atoms with Crippen LogP contribution in [0.2, 0.25) is 0 Å². The molecule has 0 spiro atoms. The van der Waals surface area contributed by atoms with E-state index < -0.39 is 10.6 Å². The molecule has 1 aromatic carbocycles. The van der Waals surface area contributed by atoms with Gasteiger partial charge in [-0.1, -0.05) is 12.1 Å². The van der Waals surface area contributed by atoms with Crippen LogP contribution in [0.3, 0.4) is 0 Å². The molecule has 1 N–H and O–H groups in total. The maximum absolute atomic E-state index is 10.5. The minimum absolute atomic E-state index is 0.0253. The van der Waals surface area contributed by atoms with Crippen LogP contribution in [-0.2, 0) is 6.42 Å². The first-order chi connectivity index (χ1) is 9.08. The summed E-state index contributed by atoms with van der Waals surface area (Å²) in [5, 5.41) is 36.8. The molecule has 0 radical (unpaired) electrons. The molecule has 0 aromatic heterocycles. The van der Waals surface area contributed by atoms with Gasteiger partial charge in [-0.05, 0) is 18.4 Å². The fraction of sp³-hybridized carbons (Fsp3) is 0.250. The zero-order chi connectivity index (χ0) is 14.3. The third-order valence-electron chi connectivity index (χ3n) is 2.51. The molecule has 0 aliphatic rings. The van der Waals surface area contributed by atoms with E-state index in [0.717, 1.165) is 5.56 Å². The molecule has 0 saturated heterocycles. The lowest BCUT2D eigenvalue weighted by Crippen LogP contribution is -1.92. The van der Waals surface area contributed by atoms with Gasteiger partial charge in [-0.25, -0.2) is 0 Å². The molecule has 0 fully saturated rings. The third kappa shape index (κ3) is 4.10. The Labute approximate surface area is 109 Å². The second-order valence-electron chi connectivity index (χ2n) is 3.78. The van der Waals surface area contributed by atoms with Crippen molar-refractivity contribution in [1.82, 2.24) is 0 Å². The molecule has 0 heterocycles. The van der Waals surface area contributed by atoms with Crippen molar-refractivity contribution in [3.05, 3.63) is 56.4 Å². The van der Waals surface area contributed by atoms with Crippen molar-refractivity contribution in [3.63, 3.8) is 0 Å². The van der Waals surface area contributed by atoms with Crippen LogP contribution in [0.1, 0.15) is 18.4 Å². The largest absolute Gasteiger partial charge is 0.504 e. The van der Waals surface area contributed by atoms with Crippen molar-refractivity contribution in [3.8, 4) is 6.07 Å². The second-order valence-corrected chi connectivity index (χ2v) is 3.78. The Kier molecular flexibility index (Phi) is 5.00. The van der Waals surface area contributed by atoms with Crippen LogP contribution in [0, 0.1) is 26.8 Å². The van der Waals surface area contributed by atoms with Crippen LogP contribution in [0.4, 0.5) is 5.69 Å². The van der Waals surface area contributed by atoms with Gasteiger partial charge >= 0.3 is 5.70 Å². The van der Waals surface area contributed by atoms with Gasteiger partial charge < -0.3 is 5.11 Å². The molecule has 7 heteroatoms. The Morgan fingerprint density at radius 2 is 2.05 bits per heavy atom. The highest BCUT2D eigenvalue weighted by atomic mass is 16.6. The average Bonchev–Trinajstić information content (AvgIpc) is 2.40. The van der Waals surface area contributed by atoms with Gasteiger partial charge in [0.2, 0.25) is 11.2 Å². The molecule has 1 aromatic rings. The van der Waals surface area contributed by atoms with Crippen molar-refractivity contribution in [2.75, 3.05) is 0 Å². The summed E-state index contributed by atoms with van der Waals surface area (Å²) in [6.07, 6.45) is 1.32. The van der Waals surface area contributed by atoms with Crippen molar-refractivity contribution in [1.29, 1.82) is 10.7 Å². The molecule has 0 amide bonds. The summed E-state index contributed by atoms with van der Waals surface area (Å²) in [7, 11) is 0. The quantitative estimate of drug-likeness (QED) is 0.287. The predicted octanol–water partition coefficient (Wildman–Crippen LogP) is 3.06. The van der Waals surface area contributed by atoms with Crippen LogP contribution in [0.5, 0.6) is 0 Å². The van der Waals surface area contributed by atoms with Gasteiger partial charge in [0.05, 0.1) is 4.92 Å². The fourth-order valence-electron chi connectivity index (χ4n) is 1.51. The van der Waals surface area contributed by atoms with Gasteiger partial charge in [-0.2, -0.15) is 5.26 Å². The number of nitro benzene ring substituents is 1. The summed E-state index contributed by atoms with van der Waals surface area (Å²) < 4.78 is 0. The first kappa shape index (κ1) is 14.1. The van der Waals surface area contributed by atoms with E-state index in [1.54, 1.807) is 18.2 Å². The SMILES string of the molecule is N#C/C([N+]#N)=C(/O)CCCc1ccc([N+](=O)[O-])cc1. The molecule has 0 aliphatic heterocycles. The van der Waals surface area contributed by atoms with E-state index in [2.05, 4.69) is 4.98 Å². The maximum atomic E-state index is 10.5. The Hall–Kier alpha value is -2.93. The molecule has 0 atom stereocenters. The predicted molar refractivity (Wildman–Crippen MR) is 66.4 cm³/mol. The molecule has 7 nitrogen and oxygen atoms in total. The highest BCUT2D eigenvalue weighted by Gasteiger charge is 2.16. The number of nitriles is 1. The number of aryl methyl sites for hydroxylation is 1. The standard InChI is InChI=1S/C12H10N4O3/c13-8-11(15-14)12(17)3-1-2-9-4-6-10(7-5-9)16(18)19/h4-7H,1-3H2/p+1/b12-11-. The molecule has 0 aliphatic carbocycles. The lowest BCUT2D eigenvalue weighted by molar-refractivity contribution is -0.384. The Bertz CT molecular complexity index is 562. The summed E-state index contributed by atoms with van der Waals surface area (Å²) in [5.74, 6) is -0.271. The van der Waals surface area contributed by atoms with Gasteiger partial charge in [-0.3, -0.25) is 10.1 Å². The van der Waals surface area contributed by atoms with E-state index in [0.29, 0.717) is 12.8 Å². The minimum Gasteiger partial charge on any atom is -0.504 e. The lowest BCUT2D eigenvalue weighted by Gasteiger charge is -1.99. The van der Waals surface area contributed by atoms with E-state index in [9.17, 15) is 15.2 Å². The molecule has 0 bridgehead atoms. The van der Waals surface area contributed by atoms with Gasteiger partial charge in [0.1, 0.15) is 0 Å². The number of non-ortho nitro benzene ring substituents is 1. The number of rotatable bonds is 5. The monoisotopic (exact) mass is 259 g/mol. The molecule has 0 saturated carbocycles. The van der Waals surface area contributed by atoms with Gasteiger partial charge in [0.25, 0.3) is 5.69 Å². The Morgan fingerprint density at radius 1 is 1.42 bits per heavy atom. The molecule has 1 rings (SSSR count). The number of nitrogens with zero attached hydrogens (tertiary/aromatic N) is 4. The van der Waals surface area contributed by atoms with Crippen LogP contribution in [0.25, 0.3) is 4.98 Å². The Balaban J connectivity index is 2.55. The van der Waals surface area contributed by atoms with Gasteiger partial charge in [0, 0.05) is 18.6 Å². The highest BCUT2D eigenvalue weighted by molar-refractivity contribution is 5.33. The summed E-state index contributed by atoms with van der Waals surface area (Å²) >= 11 is 0.